The zero-order valence-electron chi connectivity index (χ0n) is 18.0. The maximum atomic E-state index is 13.7. The molecule has 0 saturated heterocycles. The highest BCUT2D eigenvalue weighted by atomic mass is 32.2. The summed E-state index contributed by atoms with van der Waals surface area (Å²) in [5, 5.41) is 2.03. The Hall–Kier alpha value is -3.05. The highest BCUT2D eigenvalue weighted by molar-refractivity contribution is 7.89. The number of carbonyl (C=O) groups is 2. The average Bonchev–Trinajstić information content (AvgIpc) is 2.76. The van der Waals surface area contributed by atoms with Gasteiger partial charge >= 0.3 is 5.97 Å². The van der Waals surface area contributed by atoms with Gasteiger partial charge in [0.25, 0.3) is 5.91 Å². The number of methoxy groups -OCH3 is 1. The lowest BCUT2D eigenvalue weighted by atomic mass is 10.2. The molecule has 174 valence electrons. The molecule has 1 atom stereocenters. The first-order valence-electron chi connectivity index (χ1n) is 9.70. The first kappa shape index (κ1) is 25.2. The van der Waals surface area contributed by atoms with E-state index in [1.807, 2.05) is 5.32 Å². The topological polar surface area (TPSA) is 102 Å². The lowest BCUT2D eigenvalue weighted by Crippen LogP contribution is -2.32. The number of hydrogen-bond acceptors (Lipinski definition) is 6. The quantitative estimate of drug-likeness (QED) is 0.565. The molecule has 0 spiro atoms. The lowest BCUT2D eigenvalue weighted by molar-refractivity contribution is -0.123. The molecule has 2 aromatic rings. The Kier molecular flexibility index (Phi) is 8.28. The van der Waals surface area contributed by atoms with E-state index in [2.05, 4.69) is 0 Å². The van der Waals surface area contributed by atoms with Gasteiger partial charge in [0.1, 0.15) is 28.0 Å². The van der Waals surface area contributed by atoms with E-state index in [0.717, 1.165) is 24.3 Å². The number of rotatable bonds is 9. The van der Waals surface area contributed by atoms with Crippen molar-refractivity contribution in [2.24, 2.45) is 0 Å². The number of para-hydroxylation sites is 1. The second-order valence-electron chi connectivity index (χ2n) is 6.59. The Morgan fingerprint density at radius 2 is 1.69 bits per heavy atom. The number of hydrogen-bond donors (Lipinski definition) is 1. The second kappa shape index (κ2) is 10.5. The lowest BCUT2D eigenvalue weighted by Gasteiger charge is -2.20. The molecule has 0 aliphatic carbocycles. The van der Waals surface area contributed by atoms with Crippen molar-refractivity contribution in [3.8, 4) is 5.75 Å². The fourth-order valence-corrected chi connectivity index (χ4v) is 4.47. The van der Waals surface area contributed by atoms with Gasteiger partial charge in [-0.25, -0.2) is 22.0 Å². The monoisotopic (exact) mass is 470 g/mol. The molecule has 2 rings (SSSR count). The number of amides is 1. The minimum absolute atomic E-state index is 0.0364. The van der Waals surface area contributed by atoms with Gasteiger partial charge in [0.15, 0.2) is 6.10 Å². The molecule has 1 N–H and O–H groups in total. The van der Waals surface area contributed by atoms with Crippen LogP contribution in [0.15, 0.2) is 41.3 Å². The summed E-state index contributed by atoms with van der Waals surface area (Å²) >= 11 is 0. The van der Waals surface area contributed by atoms with Gasteiger partial charge in [0.2, 0.25) is 10.0 Å². The number of carbonyl (C=O) groups excluding carboxylic acids is 2. The van der Waals surface area contributed by atoms with Gasteiger partial charge in [-0.15, -0.1) is 0 Å². The highest BCUT2D eigenvalue weighted by Gasteiger charge is 2.28. The fourth-order valence-electron chi connectivity index (χ4n) is 2.83. The van der Waals surface area contributed by atoms with Crippen molar-refractivity contribution in [3.63, 3.8) is 0 Å². The smallest absolute Gasteiger partial charge is 0.338 e. The van der Waals surface area contributed by atoms with Crippen molar-refractivity contribution in [2.75, 3.05) is 25.5 Å². The third kappa shape index (κ3) is 5.40. The molecule has 1 amide bonds. The minimum Gasteiger partial charge on any atom is -0.495 e. The standard InChI is InChI=1S/C21H24F2N2O6S/c1-5-25(6-2)32(28,29)18-12-14(10-11-17(18)30-4)21(27)31-13(3)20(26)24-19-15(22)8-7-9-16(19)23/h7-13H,5-6H2,1-4H3,(H,24,26). The number of esters is 1. The van der Waals surface area contributed by atoms with Crippen molar-refractivity contribution < 1.29 is 36.3 Å². The molecule has 0 bridgehead atoms. The summed E-state index contributed by atoms with van der Waals surface area (Å²) in [5.41, 5.74) is -0.814. The third-order valence-electron chi connectivity index (χ3n) is 4.59. The Balaban J connectivity index is 2.25. The molecule has 11 heteroatoms. The van der Waals surface area contributed by atoms with E-state index in [0.29, 0.717) is 0 Å². The zero-order valence-corrected chi connectivity index (χ0v) is 18.8. The Morgan fingerprint density at radius 3 is 2.22 bits per heavy atom. The van der Waals surface area contributed by atoms with Crippen LogP contribution < -0.4 is 10.1 Å². The van der Waals surface area contributed by atoms with Crippen LogP contribution in [0.4, 0.5) is 14.5 Å². The first-order chi connectivity index (χ1) is 15.1. The van der Waals surface area contributed by atoms with Crippen molar-refractivity contribution in [1.29, 1.82) is 0 Å². The maximum absolute atomic E-state index is 13.7. The Morgan fingerprint density at radius 1 is 1.09 bits per heavy atom. The molecule has 8 nitrogen and oxygen atoms in total. The van der Waals surface area contributed by atoms with Crippen LogP contribution >= 0.6 is 0 Å². The van der Waals surface area contributed by atoms with E-state index in [1.165, 1.54) is 30.5 Å². The van der Waals surface area contributed by atoms with E-state index in [1.54, 1.807) is 13.8 Å². The van der Waals surface area contributed by atoms with E-state index in [9.17, 15) is 26.8 Å². The van der Waals surface area contributed by atoms with E-state index >= 15 is 0 Å². The summed E-state index contributed by atoms with van der Waals surface area (Å²) in [6.45, 7) is 4.97. The highest BCUT2D eigenvalue weighted by Crippen LogP contribution is 2.28. The normalized spacial score (nSPS) is 12.3. The fraction of sp³-hybridized carbons (Fsp3) is 0.333. The van der Waals surface area contributed by atoms with Crippen molar-refractivity contribution in [3.05, 3.63) is 53.6 Å². The van der Waals surface area contributed by atoms with Gasteiger partial charge in [0, 0.05) is 13.1 Å². The molecular weight excluding hydrogens is 446 g/mol. The van der Waals surface area contributed by atoms with Crippen molar-refractivity contribution in [2.45, 2.75) is 31.8 Å². The molecule has 0 aliphatic rings. The molecule has 0 aliphatic heterocycles. The van der Waals surface area contributed by atoms with Gasteiger partial charge in [-0.2, -0.15) is 4.31 Å². The zero-order chi connectivity index (χ0) is 24.1. The summed E-state index contributed by atoms with van der Waals surface area (Å²) in [6.07, 6.45) is -1.42. The molecule has 0 radical (unpaired) electrons. The Bertz CT molecular complexity index is 1080. The van der Waals surface area contributed by atoms with Crippen LogP contribution in [0.3, 0.4) is 0 Å². The number of anilines is 1. The molecule has 0 saturated carbocycles. The van der Waals surface area contributed by atoms with Gasteiger partial charge in [-0.1, -0.05) is 19.9 Å². The number of nitrogens with zero attached hydrogens (tertiary/aromatic N) is 1. The molecule has 0 fully saturated rings. The summed E-state index contributed by atoms with van der Waals surface area (Å²) in [6, 6.07) is 6.73. The van der Waals surface area contributed by atoms with Crippen molar-refractivity contribution >= 4 is 27.6 Å². The average molecular weight is 470 g/mol. The van der Waals surface area contributed by atoms with Crippen LogP contribution in [0.2, 0.25) is 0 Å². The van der Waals surface area contributed by atoms with Crippen molar-refractivity contribution in [1.82, 2.24) is 4.31 Å². The predicted octanol–water partition coefficient (Wildman–Crippen LogP) is 3.19. The molecule has 32 heavy (non-hydrogen) atoms. The summed E-state index contributed by atoms with van der Waals surface area (Å²) in [5.74, 6) is -3.90. The number of benzene rings is 2. The molecule has 0 aromatic heterocycles. The number of nitrogens with one attached hydrogen (secondary N) is 1. The number of halogens is 2. The summed E-state index contributed by atoms with van der Waals surface area (Å²) < 4.78 is 64.6. The summed E-state index contributed by atoms with van der Waals surface area (Å²) in [7, 11) is -2.66. The second-order valence-corrected chi connectivity index (χ2v) is 8.49. The predicted molar refractivity (Wildman–Crippen MR) is 113 cm³/mol. The van der Waals surface area contributed by atoms with E-state index in [4.69, 9.17) is 9.47 Å². The number of ether oxygens (including phenoxy) is 2. The third-order valence-corrected chi connectivity index (χ3v) is 6.66. The van der Waals surface area contributed by atoms with Gasteiger partial charge in [0.05, 0.1) is 12.7 Å². The van der Waals surface area contributed by atoms with Crippen LogP contribution in [0.25, 0.3) is 0 Å². The molecular formula is C21H24F2N2O6S. The van der Waals surface area contributed by atoms with Crippen LogP contribution in [-0.2, 0) is 19.6 Å². The van der Waals surface area contributed by atoms with Crippen LogP contribution in [-0.4, -0.2) is 50.9 Å². The van der Waals surface area contributed by atoms with Gasteiger partial charge in [-0.05, 0) is 37.3 Å². The largest absolute Gasteiger partial charge is 0.495 e. The van der Waals surface area contributed by atoms with Gasteiger partial charge in [-0.3, -0.25) is 4.79 Å². The Labute approximate surface area is 185 Å². The first-order valence-corrected chi connectivity index (χ1v) is 11.1. The summed E-state index contributed by atoms with van der Waals surface area (Å²) in [4.78, 5) is 24.5. The van der Waals surface area contributed by atoms with Crippen LogP contribution in [0.5, 0.6) is 5.75 Å². The minimum atomic E-state index is -3.96. The number of sulfonamides is 1. The molecule has 0 heterocycles. The SMILES string of the molecule is CCN(CC)S(=O)(=O)c1cc(C(=O)OC(C)C(=O)Nc2c(F)cccc2F)ccc1OC. The maximum Gasteiger partial charge on any atom is 0.338 e. The van der Waals surface area contributed by atoms with Crippen LogP contribution in [0.1, 0.15) is 31.1 Å². The molecule has 2 aromatic carbocycles. The van der Waals surface area contributed by atoms with E-state index < -0.39 is 45.3 Å². The molecule has 1 unspecified atom stereocenters. The van der Waals surface area contributed by atoms with Crippen LogP contribution in [0, 0.1) is 11.6 Å². The van der Waals surface area contributed by atoms with Gasteiger partial charge < -0.3 is 14.8 Å². The van der Waals surface area contributed by atoms with E-state index in [-0.39, 0.29) is 29.3 Å².